The molecule has 3 N–H and O–H groups in total. The third kappa shape index (κ3) is 4.74. The van der Waals surface area contributed by atoms with Gasteiger partial charge in [0, 0.05) is 6.54 Å². The molecule has 0 radical (unpaired) electrons. The zero-order chi connectivity index (χ0) is 19.3. The predicted molar refractivity (Wildman–Crippen MR) is 87.2 cm³/mol. The lowest BCUT2D eigenvalue weighted by Gasteiger charge is -2.12. The molecule has 0 aliphatic heterocycles. The summed E-state index contributed by atoms with van der Waals surface area (Å²) in [5, 5.41) is 17.5. The number of rotatable bonds is 6. The maximum atomic E-state index is 12.9. The highest BCUT2D eigenvalue weighted by Crippen LogP contribution is 2.31. The first kappa shape index (κ1) is 19.3. The van der Waals surface area contributed by atoms with Crippen molar-refractivity contribution in [3.8, 4) is 5.69 Å². The number of carboxylic acid groups (broad SMARTS) is 1. The molecule has 1 aromatic carbocycles. The molecule has 0 saturated carbocycles. The van der Waals surface area contributed by atoms with Crippen molar-refractivity contribution in [2.45, 2.75) is 25.9 Å². The second-order valence-corrected chi connectivity index (χ2v) is 5.34. The minimum Gasteiger partial charge on any atom is -0.481 e. The number of anilines is 1. The SMILES string of the molecule is CCc1c(NC(=O)NCCC(=O)O)cnn1-c1cccc(C(F)(F)F)c1. The molecule has 140 valence electrons. The summed E-state index contributed by atoms with van der Waals surface area (Å²) in [4.78, 5) is 22.2. The van der Waals surface area contributed by atoms with E-state index in [2.05, 4.69) is 15.7 Å². The first-order valence-electron chi connectivity index (χ1n) is 7.73. The summed E-state index contributed by atoms with van der Waals surface area (Å²) < 4.78 is 40.0. The molecule has 26 heavy (non-hydrogen) atoms. The van der Waals surface area contributed by atoms with Crippen LogP contribution in [0.2, 0.25) is 0 Å². The van der Waals surface area contributed by atoms with E-state index in [1.54, 1.807) is 6.92 Å². The van der Waals surface area contributed by atoms with Crippen LogP contribution in [0.4, 0.5) is 23.7 Å². The minimum absolute atomic E-state index is 0.0512. The fraction of sp³-hybridized carbons (Fsp3) is 0.312. The van der Waals surface area contributed by atoms with Gasteiger partial charge >= 0.3 is 18.2 Å². The second kappa shape index (κ2) is 7.89. The second-order valence-electron chi connectivity index (χ2n) is 5.34. The number of hydrogen-bond donors (Lipinski definition) is 3. The Morgan fingerprint density at radius 3 is 2.65 bits per heavy atom. The van der Waals surface area contributed by atoms with Crippen molar-refractivity contribution in [3.63, 3.8) is 0 Å². The first-order valence-corrected chi connectivity index (χ1v) is 7.73. The quantitative estimate of drug-likeness (QED) is 0.728. The Hall–Kier alpha value is -3.04. The van der Waals surface area contributed by atoms with Gasteiger partial charge in [-0.2, -0.15) is 18.3 Å². The number of hydrogen-bond acceptors (Lipinski definition) is 3. The minimum atomic E-state index is -4.47. The van der Waals surface area contributed by atoms with Crippen molar-refractivity contribution < 1.29 is 27.9 Å². The smallest absolute Gasteiger partial charge is 0.416 e. The number of alkyl halides is 3. The molecule has 1 heterocycles. The van der Waals surface area contributed by atoms with Gasteiger partial charge in [-0.25, -0.2) is 9.48 Å². The number of carbonyl (C=O) groups is 2. The van der Waals surface area contributed by atoms with Gasteiger partial charge in [0.25, 0.3) is 0 Å². The molecule has 2 rings (SSSR count). The number of urea groups is 1. The zero-order valence-corrected chi connectivity index (χ0v) is 13.8. The van der Waals surface area contributed by atoms with Crippen LogP contribution in [-0.4, -0.2) is 33.4 Å². The molecule has 2 aromatic rings. The fourth-order valence-electron chi connectivity index (χ4n) is 2.30. The van der Waals surface area contributed by atoms with Crippen LogP contribution in [0.1, 0.15) is 24.6 Å². The molecular formula is C16H17F3N4O3. The van der Waals surface area contributed by atoms with Crippen LogP contribution in [0.25, 0.3) is 5.69 Å². The van der Waals surface area contributed by atoms with Gasteiger partial charge in [0.05, 0.1) is 35.2 Å². The van der Waals surface area contributed by atoms with E-state index in [0.717, 1.165) is 12.1 Å². The van der Waals surface area contributed by atoms with E-state index in [9.17, 15) is 22.8 Å². The van der Waals surface area contributed by atoms with Crippen LogP contribution < -0.4 is 10.6 Å². The van der Waals surface area contributed by atoms with Gasteiger partial charge in [0.1, 0.15) is 0 Å². The normalized spacial score (nSPS) is 11.2. The van der Waals surface area contributed by atoms with Gasteiger partial charge < -0.3 is 15.7 Å². The predicted octanol–water partition coefficient (Wildman–Crippen LogP) is 3.05. The summed E-state index contributed by atoms with van der Waals surface area (Å²) in [6.07, 6.45) is -2.96. The molecule has 7 nitrogen and oxygen atoms in total. The number of aromatic nitrogens is 2. The van der Waals surface area contributed by atoms with E-state index in [-0.39, 0.29) is 18.7 Å². The zero-order valence-electron chi connectivity index (χ0n) is 13.8. The highest BCUT2D eigenvalue weighted by atomic mass is 19.4. The van der Waals surface area contributed by atoms with E-state index in [0.29, 0.717) is 17.8 Å². The van der Waals surface area contributed by atoms with E-state index in [1.165, 1.54) is 23.0 Å². The molecule has 2 amide bonds. The summed E-state index contributed by atoms with van der Waals surface area (Å²) in [5.41, 5.74) is 0.264. The van der Waals surface area contributed by atoms with Gasteiger partial charge in [-0.1, -0.05) is 13.0 Å². The van der Waals surface area contributed by atoms with E-state index >= 15 is 0 Å². The fourth-order valence-corrected chi connectivity index (χ4v) is 2.30. The monoisotopic (exact) mass is 370 g/mol. The average molecular weight is 370 g/mol. The molecule has 1 aromatic heterocycles. The number of benzene rings is 1. The van der Waals surface area contributed by atoms with Crippen LogP contribution in [0, 0.1) is 0 Å². The Labute approximate surface area is 146 Å². The number of halogens is 3. The summed E-state index contributed by atoms with van der Waals surface area (Å²) in [5.74, 6) is -1.04. The van der Waals surface area contributed by atoms with Gasteiger partial charge in [-0.3, -0.25) is 4.79 Å². The highest BCUT2D eigenvalue weighted by molar-refractivity contribution is 5.90. The Bertz CT molecular complexity index is 802. The van der Waals surface area contributed by atoms with E-state index < -0.39 is 23.7 Å². The van der Waals surface area contributed by atoms with Crippen LogP contribution in [0.3, 0.4) is 0 Å². The molecule has 0 atom stereocenters. The van der Waals surface area contributed by atoms with E-state index in [4.69, 9.17) is 5.11 Å². The lowest BCUT2D eigenvalue weighted by atomic mass is 10.2. The average Bonchev–Trinajstić information content (AvgIpc) is 2.96. The van der Waals surface area contributed by atoms with Gasteiger partial charge in [0.15, 0.2) is 0 Å². The summed E-state index contributed by atoms with van der Waals surface area (Å²) in [7, 11) is 0. The third-order valence-electron chi connectivity index (χ3n) is 3.49. The largest absolute Gasteiger partial charge is 0.481 e. The van der Waals surface area contributed by atoms with Crippen molar-refractivity contribution in [2.24, 2.45) is 0 Å². The molecule has 0 spiro atoms. The number of nitrogens with one attached hydrogen (secondary N) is 2. The Balaban J connectivity index is 2.20. The summed E-state index contributed by atoms with van der Waals surface area (Å²) in [6, 6.07) is 4.09. The molecule has 0 unspecified atom stereocenters. The molecule has 10 heteroatoms. The Morgan fingerprint density at radius 1 is 1.31 bits per heavy atom. The third-order valence-corrected chi connectivity index (χ3v) is 3.49. The number of aliphatic carboxylic acids is 1. The maximum Gasteiger partial charge on any atom is 0.416 e. The van der Waals surface area contributed by atoms with Crippen LogP contribution in [-0.2, 0) is 17.4 Å². The molecule has 0 aliphatic rings. The van der Waals surface area contributed by atoms with E-state index in [1.807, 2.05) is 0 Å². The van der Waals surface area contributed by atoms with Gasteiger partial charge in [0.2, 0.25) is 0 Å². The van der Waals surface area contributed by atoms with Crippen LogP contribution in [0.5, 0.6) is 0 Å². The van der Waals surface area contributed by atoms with Crippen molar-refractivity contribution in [1.29, 1.82) is 0 Å². The van der Waals surface area contributed by atoms with Crippen molar-refractivity contribution in [3.05, 3.63) is 41.7 Å². The lowest BCUT2D eigenvalue weighted by molar-refractivity contribution is -0.138. The molecule has 0 fully saturated rings. The molecule has 0 saturated heterocycles. The Kier molecular flexibility index (Phi) is 5.86. The van der Waals surface area contributed by atoms with Crippen molar-refractivity contribution in [1.82, 2.24) is 15.1 Å². The number of carboxylic acids is 1. The standard InChI is InChI=1S/C16H17F3N4O3/c1-2-13-12(22-15(26)20-7-6-14(24)25)9-21-23(13)11-5-3-4-10(8-11)16(17,18)19/h3-5,8-9H,2,6-7H2,1H3,(H,24,25)(H2,20,22,26). The lowest BCUT2D eigenvalue weighted by Crippen LogP contribution is -2.30. The molecular weight excluding hydrogens is 353 g/mol. The van der Waals surface area contributed by atoms with Gasteiger partial charge in [-0.15, -0.1) is 0 Å². The number of nitrogens with zero attached hydrogens (tertiary/aromatic N) is 2. The maximum absolute atomic E-state index is 12.9. The molecule has 0 bridgehead atoms. The molecule has 0 aliphatic carbocycles. The topological polar surface area (TPSA) is 96.2 Å². The van der Waals surface area contributed by atoms with Crippen molar-refractivity contribution >= 4 is 17.7 Å². The summed E-state index contributed by atoms with van der Waals surface area (Å²) >= 11 is 0. The van der Waals surface area contributed by atoms with Gasteiger partial charge in [-0.05, 0) is 24.6 Å². The van der Waals surface area contributed by atoms with Crippen LogP contribution >= 0.6 is 0 Å². The Morgan fingerprint density at radius 2 is 2.04 bits per heavy atom. The first-order chi connectivity index (χ1) is 12.2. The van der Waals surface area contributed by atoms with Crippen molar-refractivity contribution in [2.75, 3.05) is 11.9 Å². The number of carbonyl (C=O) groups excluding carboxylic acids is 1. The van der Waals surface area contributed by atoms with Crippen LogP contribution in [0.15, 0.2) is 30.5 Å². The highest BCUT2D eigenvalue weighted by Gasteiger charge is 2.30. The summed E-state index contributed by atoms with van der Waals surface area (Å²) in [6.45, 7) is 1.72. The number of amides is 2.